The first-order valence-corrected chi connectivity index (χ1v) is 8.68. The minimum Gasteiger partial charge on any atom is -0.493 e. The minimum absolute atomic E-state index is 0.231. The molecule has 1 unspecified atom stereocenters. The van der Waals surface area contributed by atoms with Crippen LogP contribution in [0.2, 0.25) is 0 Å². The number of carbonyl (C=O) groups excluding carboxylic acids is 2. The molecule has 0 fully saturated rings. The fraction of sp³-hybridized carbons (Fsp3) is 0.300. The number of methoxy groups -OCH3 is 1. The molecular weight excluding hydrogens is 346 g/mol. The Morgan fingerprint density at radius 2 is 1.74 bits per heavy atom. The van der Waals surface area contributed by atoms with Gasteiger partial charge in [-0.1, -0.05) is 30.3 Å². The minimum atomic E-state index is -0.308. The summed E-state index contributed by atoms with van der Waals surface area (Å²) in [4.78, 5) is 23.5. The first-order chi connectivity index (χ1) is 13.0. The second-order valence-corrected chi connectivity index (χ2v) is 6.30. The van der Waals surface area contributed by atoms with Crippen LogP contribution in [0.15, 0.2) is 48.5 Å². The van der Waals surface area contributed by atoms with E-state index in [1.807, 2.05) is 55.6 Å². The third kappa shape index (κ3) is 6.99. The van der Waals surface area contributed by atoms with Crippen LogP contribution in [0.5, 0.6) is 11.5 Å². The van der Waals surface area contributed by atoms with Crippen molar-refractivity contribution in [1.29, 1.82) is 0 Å². The lowest BCUT2D eigenvalue weighted by Gasteiger charge is -2.16. The van der Waals surface area contributed by atoms with Crippen molar-refractivity contribution in [2.75, 3.05) is 20.7 Å². The summed E-state index contributed by atoms with van der Waals surface area (Å²) in [6.45, 7) is 2.66. The first kappa shape index (κ1) is 20.3. The highest BCUT2D eigenvalue weighted by Crippen LogP contribution is 2.28. The summed E-state index contributed by atoms with van der Waals surface area (Å²) in [6.07, 6.45) is 0. The Kier molecular flexibility index (Phi) is 7.63. The molecule has 0 radical (unpaired) electrons. The number of likely N-dealkylation sites (N-methyl/N-ethyl adjacent to an activating group) is 1. The SMILES string of the molecule is COc1cc(C[NH+](C)CC(=O)NNC(C)=O)ccc1OCc1ccccc1. The lowest BCUT2D eigenvalue weighted by atomic mass is 10.2. The molecule has 0 spiro atoms. The molecule has 0 aliphatic carbocycles. The highest BCUT2D eigenvalue weighted by molar-refractivity contribution is 5.81. The lowest BCUT2D eigenvalue weighted by Crippen LogP contribution is -3.09. The third-order valence-electron chi connectivity index (χ3n) is 3.81. The summed E-state index contributed by atoms with van der Waals surface area (Å²) in [6, 6.07) is 15.7. The molecular formula is C20H26N3O4+. The van der Waals surface area contributed by atoms with Crippen LogP contribution in [0.4, 0.5) is 0 Å². The van der Waals surface area contributed by atoms with Crippen LogP contribution >= 0.6 is 0 Å². The third-order valence-corrected chi connectivity index (χ3v) is 3.81. The van der Waals surface area contributed by atoms with Gasteiger partial charge in [-0.2, -0.15) is 0 Å². The van der Waals surface area contributed by atoms with E-state index in [0.29, 0.717) is 24.7 Å². The van der Waals surface area contributed by atoms with Crippen molar-refractivity contribution in [2.24, 2.45) is 0 Å². The fourth-order valence-corrected chi connectivity index (χ4v) is 2.56. The van der Waals surface area contributed by atoms with Crippen molar-refractivity contribution in [2.45, 2.75) is 20.1 Å². The van der Waals surface area contributed by atoms with E-state index < -0.39 is 0 Å². The predicted octanol–water partition coefficient (Wildman–Crippen LogP) is 0.456. The number of hydrazine groups is 1. The molecule has 0 heterocycles. The van der Waals surface area contributed by atoms with Crippen LogP contribution < -0.4 is 25.2 Å². The maximum atomic E-state index is 11.8. The van der Waals surface area contributed by atoms with Crippen molar-refractivity contribution in [3.63, 3.8) is 0 Å². The molecule has 0 aliphatic rings. The summed E-state index contributed by atoms with van der Waals surface area (Å²) in [5.74, 6) is 0.763. The summed E-state index contributed by atoms with van der Waals surface area (Å²) in [5, 5.41) is 0. The van der Waals surface area contributed by atoms with Gasteiger partial charge in [-0.3, -0.25) is 20.4 Å². The Morgan fingerprint density at radius 3 is 2.41 bits per heavy atom. The van der Waals surface area contributed by atoms with Gasteiger partial charge in [0.1, 0.15) is 13.2 Å². The smallest absolute Gasteiger partial charge is 0.293 e. The number of rotatable bonds is 8. The zero-order valence-electron chi connectivity index (χ0n) is 15.9. The summed E-state index contributed by atoms with van der Waals surface area (Å²) < 4.78 is 11.3. The number of carbonyl (C=O) groups is 2. The zero-order chi connectivity index (χ0) is 19.6. The normalized spacial score (nSPS) is 11.4. The lowest BCUT2D eigenvalue weighted by molar-refractivity contribution is -0.885. The zero-order valence-corrected chi connectivity index (χ0v) is 15.9. The van der Waals surface area contributed by atoms with Gasteiger partial charge in [0.05, 0.1) is 14.2 Å². The molecule has 3 N–H and O–H groups in total. The highest BCUT2D eigenvalue weighted by Gasteiger charge is 2.13. The highest BCUT2D eigenvalue weighted by atomic mass is 16.5. The maximum Gasteiger partial charge on any atom is 0.293 e. The molecule has 7 heteroatoms. The Labute approximate surface area is 159 Å². The van der Waals surface area contributed by atoms with E-state index in [4.69, 9.17) is 9.47 Å². The van der Waals surface area contributed by atoms with Gasteiger partial charge in [0.25, 0.3) is 5.91 Å². The van der Waals surface area contributed by atoms with E-state index in [1.54, 1.807) is 7.11 Å². The number of hydrogen-bond donors (Lipinski definition) is 3. The molecule has 0 saturated heterocycles. The van der Waals surface area contributed by atoms with Gasteiger partial charge in [0, 0.05) is 12.5 Å². The molecule has 0 aliphatic heterocycles. The standard InChI is InChI=1S/C20H25N3O4/c1-15(24)21-22-20(25)13-23(2)12-17-9-10-18(19(11-17)26-3)27-14-16-7-5-4-6-8-16/h4-11H,12-14H2,1-3H3,(H,21,24)(H,22,25)/p+1. The Morgan fingerprint density at radius 1 is 1.00 bits per heavy atom. The largest absolute Gasteiger partial charge is 0.493 e. The topological polar surface area (TPSA) is 81.1 Å². The van der Waals surface area contributed by atoms with Crippen LogP contribution in [0.1, 0.15) is 18.1 Å². The number of quaternary nitrogens is 1. The van der Waals surface area contributed by atoms with Gasteiger partial charge >= 0.3 is 0 Å². The molecule has 1 atom stereocenters. The quantitative estimate of drug-likeness (QED) is 0.588. The number of hydrogen-bond acceptors (Lipinski definition) is 4. The van der Waals surface area contributed by atoms with Gasteiger partial charge in [-0.25, -0.2) is 0 Å². The van der Waals surface area contributed by atoms with Gasteiger partial charge in [0.2, 0.25) is 5.91 Å². The Balaban J connectivity index is 1.92. The molecule has 144 valence electrons. The first-order valence-electron chi connectivity index (χ1n) is 8.68. The maximum absolute atomic E-state index is 11.8. The summed E-state index contributed by atoms with van der Waals surface area (Å²) in [5.41, 5.74) is 6.74. The van der Waals surface area contributed by atoms with Gasteiger partial charge in [0.15, 0.2) is 18.0 Å². The van der Waals surface area contributed by atoms with Gasteiger partial charge in [-0.05, 0) is 23.8 Å². The van der Waals surface area contributed by atoms with E-state index in [9.17, 15) is 9.59 Å². The number of ether oxygens (including phenoxy) is 2. The van der Waals surface area contributed by atoms with E-state index in [0.717, 1.165) is 16.0 Å². The second-order valence-electron chi connectivity index (χ2n) is 6.30. The van der Waals surface area contributed by atoms with Crippen molar-refractivity contribution < 1.29 is 24.0 Å². The molecule has 0 saturated carbocycles. The van der Waals surface area contributed by atoms with Gasteiger partial charge in [-0.15, -0.1) is 0 Å². The predicted molar refractivity (Wildman–Crippen MR) is 101 cm³/mol. The fourth-order valence-electron chi connectivity index (χ4n) is 2.56. The average Bonchev–Trinajstić information content (AvgIpc) is 2.66. The van der Waals surface area contributed by atoms with E-state index in [1.165, 1.54) is 6.92 Å². The molecule has 2 rings (SSSR count). The Bertz CT molecular complexity index is 765. The second kappa shape index (κ2) is 10.2. The van der Waals surface area contributed by atoms with E-state index in [2.05, 4.69) is 10.9 Å². The van der Waals surface area contributed by atoms with Crippen LogP contribution in [0.25, 0.3) is 0 Å². The van der Waals surface area contributed by atoms with Crippen molar-refractivity contribution in [3.05, 3.63) is 59.7 Å². The summed E-state index contributed by atoms with van der Waals surface area (Å²) in [7, 11) is 3.51. The van der Waals surface area contributed by atoms with E-state index >= 15 is 0 Å². The van der Waals surface area contributed by atoms with Gasteiger partial charge < -0.3 is 14.4 Å². The molecule has 0 bridgehead atoms. The summed E-state index contributed by atoms with van der Waals surface area (Å²) >= 11 is 0. The van der Waals surface area contributed by atoms with Crippen molar-refractivity contribution >= 4 is 11.8 Å². The van der Waals surface area contributed by atoms with Crippen molar-refractivity contribution in [3.8, 4) is 11.5 Å². The van der Waals surface area contributed by atoms with E-state index in [-0.39, 0.29) is 18.4 Å². The molecule has 7 nitrogen and oxygen atoms in total. The monoisotopic (exact) mass is 372 g/mol. The van der Waals surface area contributed by atoms with Crippen molar-refractivity contribution in [1.82, 2.24) is 10.9 Å². The van der Waals surface area contributed by atoms with Crippen LogP contribution in [0, 0.1) is 0 Å². The number of nitrogens with one attached hydrogen (secondary N) is 3. The average molecular weight is 372 g/mol. The Hall–Kier alpha value is -3.06. The van der Waals surface area contributed by atoms with Crippen LogP contribution in [-0.4, -0.2) is 32.5 Å². The molecule has 2 amide bonds. The van der Waals surface area contributed by atoms with Crippen LogP contribution in [0.3, 0.4) is 0 Å². The molecule has 2 aromatic carbocycles. The number of amides is 2. The number of benzene rings is 2. The molecule has 0 aromatic heterocycles. The molecule has 27 heavy (non-hydrogen) atoms. The molecule has 2 aromatic rings. The van der Waals surface area contributed by atoms with Crippen LogP contribution in [-0.2, 0) is 22.7 Å².